The van der Waals surface area contributed by atoms with Crippen LogP contribution in [0, 0.1) is 17.8 Å². The van der Waals surface area contributed by atoms with Crippen LogP contribution in [0.25, 0.3) is 0 Å². The summed E-state index contributed by atoms with van der Waals surface area (Å²) in [5.74, 6) is 0.573. The summed E-state index contributed by atoms with van der Waals surface area (Å²) in [6.07, 6.45) is 7.25. The normalized spacial score (nSPS) is 19.7. The molecular formula is C38H49F3N4O5. The first-order chi connectivity index (χ1) is 24.1. The summed E-state index contributed by atoms with van der Waals surface area (Å²) in [5, 5.41) is 18.1. The zero-order chi connectivity index (χ0) is 35.3. The number of aromatic nitrogens is 3. The van der Waals surface area contributed by atoms with E-state index in [1.54, 1.807) is 17.7 Å². The molecular weight excluding hydrogens is 649 g/mol. The van der Waals surface area contributed by atoms with Crippen LogP contribution in [0.5, 0.6) is 17.2 Å². The van der Waals surface area contributed by atoms with Gasteiger partial charge in [-0.25, -0.2) is 0 Å². The highest BCUT2D eigenvalue weighted by molar-refractivity contribution is 5.71. The molecule has 2 fully saturated rings. The lowest BCUT2D eigenvalue weighted by molar-refractivity contribution is -0.275. The molecule has 1 saturated heterocycles. The number of rotatable bonds is 16. The zero-order valence-corrected chi connectivity index (χ0v) is 29.0. The van der Waals surface area contributed by atoms with Gasteiger partial charge in [-0.1, -0.05) is 50.5 Å². The third-order valence-electron chi connectivity index (χ3n) is 10.5. The van der Waals surface area contributed by atoms with E-state index >= 15 is 0 Å². The summed E-state index contributed by atoms with van der Waals surface area (Å²) in [6, 6.07) is 10.7. The molecule has 3 atom stereocenters. The number of nitrogens with zero attached hydrogens (tertiary/aromatic N) is 4. The van der Waals surface area contributed by atoms with E-state index in [2.05, 4.69) is 45.1 Å². The Kier molecular flexibility index (Phi) is 11.6. The maximum absolute atomic E-state index is 13.3. The summed E-state index contributed by atoms with van der Waals surface area (Å²) in [5.41, 5.74) is 3.27. The minimum atomic E-state index is -4.81. The summed E-state index contributed by atoms with van der Waals surface area (Å²) in [7, 11) is 0. The van der Waals surface area contributed by atoms with Gasteiger partial charge in [-0.2, -0.15) is 0 Å². The molecule has 2 unspecified atom stereocenters. The number of aryl methyl sites for hydroxylation is 2. The number of halogens is 3. The van der Waals surface area contributed by atoms with E-state index in [4.69, 9.17) is 9.47 Å². The van der Waals surface area contributed by atoms with Crippen LogP contribution < -0.4 is 14.2 Å². The highest BCUT2D eigenvalue weighted by Crippen LogP contribution is 2.48. The number of hydrogen-bond donors (Lipinski definition) is 1. The van der Waals surface area contributed by atoms with Gasteiger partial charge in [0, 0.05) is 18.7 Å². The second kappa shape index (κ2) is 16.0. The number of ether oxygens (including phenoxy) is 3. The number of alkyl halides is 3. The minimum Gasteiger partial charge on any atom is -0.490 e. The van der Waals surface area contributed by atoms with Crippen molar-refractivity contribution in [3.63, 3.8) is 0 Å². The molecule has 0 amide bonds. The van der Waals surface area contributed by atoms with Gasteiger partial charge in [-0.15, -0.1) is 18.3 Å². The van der Waals surface area contributed by atoms with Crippen molar-refractivity contribution in [2.75, 3.05) is 13.1 Å². The standard InChI is InChI=1S/C38H49F3N4O5/c1-3-4-5-6-17-45-23-31(42-43-45)24-48-32-12-14-34(50-38(39,40)41)30(20-32)22-44-18-15-27(16-19-44)33-13-11-26-7-10-29(21-35(26)49-33)36(28-8-9-28)25(2)37(46)47/h7,10,12,14,20-21,23,25,27-28,33,36H,3-6,8-9,11,13,15-19,22,24H2,1-2H3,(H,46,47)/t25?,33-,36?/m1/s1. The maximum Gasteiger partial charge on any atom is 0.573 e. The van der Waals surface area contributed by atoms with Crippen LogP contribution in [0.15, 0.2) is 42.6 Å². The van der Waals surface area contributed by atoms with Crippen molar-refractivity contribution in [1.29, 1.82) is 0 Å². The van der Waals surface area contributed by atoms with E-state index < -0.39 is 18.2 Å². The molecule has 272 valence electrons. The Bertz CT molecular complexity index is 1580. The fourth-order valence-electron chi connectivity index (χ4n) is 7.61. The van der Waals surface area contributed by atoms with Crippen molar-refractivity contribution >= 4 is 5.97 Å². The smallest absolute Gasteiger partial charge is 0.490 e. The molecule has 3 heterocycles. The number of benzene rings is 2. The van der Waals surface area contributed by atoms with Crippen molar-refractivity contribution in [2.45, 2.75) is 116 Å². The third-order valence-corrected chi connectivity index (χ3v) is 10.5. The number of fused-ring (bicyclic) bond motifs is 1. The predicted molar refractivity (Wildman–Crippen MR) is 181 cm³/mol. The molecule has 1 aliphatic carbocycles. The molecule has 0 bridgehead atoms. The van der Waals surface area contributed by atoms with E-state index in [0.29, 0.717) is 35.4 Å². The molecule has 2 aliphatic heterocycles. The summed E-state index contributed by atoms with van der Waals surface area (Å²) >= 11 is 0. The summed E-state index contributed by atoms with van der Waals surface area (Å²) in [4.78, 5) is 14.0. The molecule has 9 nitrogen and oxygen atoms in total. The van der Waals surface area contributed by atoms with Crippen LogP contribution in [-0.4, -0.2) is 56.5 Å². The SMILES string of the molecule is CCCCCCn1cc(COc2ccc(OC(F)(F)F)c(CN3CCC([C@H]4CCc5ccc(C(C6CC6)C(C)C(=O)O)cc5O4)CC3)c2)nn1. The number of unbranched alkanes of at least 4 members (excludes halogenated alkanes) is 3. The molecule has 0 spiro atoms. The zero-order valence-electron chi connectivity index (χ0n) is 29.0. The van der Waals surface area contributed by atoms with Crippen LogP contribution in [0.1, 0.15) is 99.9 Å². The van der Waals surface area contributed by atoms with Crippen LogP contribution in [-0.2, 0) is 30.9 Å². The average Bonchev–Trinajstić information content (AvgIpc) is 3.82. The Hall–Kier alpha value is -3.80. The third kappa shape index (κ3) is 9.50. The van der Waals surface area contributed by atoms with Crippen molar-refractivity contribution in [1.82, 2.24) is 19.9 Å². The van der Waals surface area contributed by atoms with E-state index in [-0.39, 0.29) is 24.4 Å². The number of likely N-dealkylation sites (tertiary alicyclic amines) is 1. The van der Waals surface area contributed by atoms with Crippen molar-refractivity contribution in [3.05, 3.63) is 65.0 Å². The summed E-state index contributed by atoms with van der Waals surface area (Å²) in [6.45, 7) is 6.64. The fourth-order valence-corrected chi connectivity index (χ4v) is 7.61. The van der Waals surface area contributed by atoms with Crippen LogP contribution in [0.3, 0.4) is 0 Å². The second-order valence-corrected chi connectivity index (χ2v) is 14.3. The van der Waals surface area contributed by atoms with Gasteiger partial charge in [-0.05, 0) is 111 Å². The Morgan fingerprint density at radius 3 is 2.58 bits per heavy atom. The molecule has 50 heavy (non-hydrogen) atoms. The first kappa shape index (κ1) is 36.0. The highest BCUT2D eigenvalue weighted by Gasteiger charge is 2.40. The van der Waals surface area contributed by atoms with Crippen LogP contribution >= 0.6 is 0 Å². The van der Waals surface area contributed by atoms with E-state index in [9.17, 15) is 23.1 Å². The monoisotopic (exact) mass is 698 g/mol. The second-order valence-electron chi connectivity index (χ2n) is 14.3. The van der Waals surface area contributed by atoms with E-state index in [1.807, 2.05) is 6.20 Å². The molecule has 1 saturated carbocycles. The summed E-state index contributed by atoms with van der Waals surface area (Å²) < 4.78 is 58.7. The van der Waals surface area contributed by atoms with Gasteiger partial charge >= 0.3 is 12.3 Å². The van der Waals surface area contributed by atoms with E-state index in [1.165, 1.54) is 18.6 Å². The van der Waals surface area contributed by atoms with Crippen molar-refractivity contribution in [3.8, 4) is 17.2 Å². The van der Waals surface area contributed by atoms with Gasteiger partial charge < -0.3 is 19.3 Å². The Morgan fingerprint density at radius 2 is 1.86 bits per heavy atom. The molecule has 3 aliphatic rings. The molecule has 2 aromatic carbocycles. The largest absolute Gasteiger partial charge is 0.573 e. The molecule has 1 aromatic heterocycles. The quantitative estimate of drug-likeness (QED) is 0.150. The Morgan fingerprint density at radius 1 is 1.06 bits per heavy atom. The fraction of sp³-hybridized carbons (Fsp3) is 0.605. The van der Waals surface area contributed by atoms with Gasteiger partial charge in [-0.3, -0.25) is 14.4 Å². The van der Waals surface area contributed by atoms with Gasteiger partial charge in [0.05, 0.1) is 12.1 Å². The van der Waals surface area contributed by atoms with Gasteiger partial charge in [0.25, 0.3) is 0 Å². The molecule has 1 N–H and O–H groups in total. The lowest BCUT2D eigenvalue weighted by atomic mass is 9.81. The lowest BCUT2D eigenvalue weighted by Gasteiger charge is -2.38. The van der Waals surface area contributed by atoms with E-state index in [0.717, 1.165) is 94.3 Å². The number of carboxylic acid groups (broad SMARTS) is 1. The number of carbonyl (C=O) groups is 1. The predicted octanol–water partition coefficient (Wildman–Crippen LogP) is 8.16. The number of carboxylic acids is 1. The lowest BCUT2D eigenvalue weighted by Crippen LogP contribution is -2.40. The Balaban J connectivity index is 1.05. The topological polar surface area (TPSA) is 98.9 Å². The van der Waals surface area contributed by atoms with Gasteiger partial charge in [0.1, 0.15) is 35.7 Å². The number of piperidine rings is 1. The van der Waals surface area contributed by atoms with Crippen LogP contribution in [0.2, 0.25) is 0 Å². The van der Waals surface area contributed by atoms with Gasteiger partial charge in [0.15, 0.2) is 0 Å². The minimum absolute atomic E-state index is 0.0130. The van der Waals surface area contributed by atoms with Crippen molar-refractivity contribution in [2.24, 2.45) is 17.8 Å². The molecule has 0 radical (unpaired) electrons. The molecule has 6 rings (SSSR count). The van der Waals surface area contributed by atoms with Crippen molar-refractivity contribution < 1.29 is 37.3 Å². The Labute approximate surface area is 292 Å². The molecule has 12 heteroatoms. The maximum atomic E-state index is 13.3. The average molecular weight is 699 g/mol. The number of hydrogen-bond acceptors (Lipinski definition) is 7. The first-order valence-corrected chi connectivity index (χ1v) is 18.2. The highest BCUT2D eigenvalue weighted by atomic mass is 19.4. The number of aliphatic carboxylic acids is 1. The molecule has 3 aromatic rings. The van der Waals surface area contributed by atoms with Crippen LogP contribution in [0.4, 0.5) is 13.2 Å². The van der Waals surface area contributed by atoms with Gasteiger partial charge in [0.2, 0.25) is 0 Å². The first-order valence-electron chi connectivity index (χ1n) is 18.2.